The zero-order chi connectivity index (χ0) is 18.9. The van der Waals surface area contributed by atoms with E-state index >= 15 is 0 Å². The summed E-state index contributed by atoms with van der Waals surface area (Å²) in [5.74, 6) is 1.42. The van der Waals surface area contributed by atoms with Gasteiger partial charge in [0, 0.05) is 44.6 Å². The van der Waals surface area contributed by atoms with Gasteiger partial charge in [-0.1, -0.05) is 30.3 Å². The maximum absolute atomic E-state index is 12.9. The first kappa shape index (κ1) is 18.2. The molecule has 0 aliphatic carbocycles. The predicted octanol–water partition coefficient (Wildman–Crippen LogP) is 3.06. The van der Waals surface area contributed by atoms with Gasteiger partial charge in [-0.2, -0.15) is 0 Å². The number of likely N-dealkylation sites (tertiary alicyclic amines) is 2. The summed E-state index contributed by atoms with van der Waals surface area (Å²) in [5, 5.41) is 0. The summed E-state index contributed by atoms with van der Waals surface area (Å²) in [7, 11) is 2.02. The molecule has 1 amide bonds. The molecule has 4 rings (SSSR count). The van der Waals surface area contributed by atoms with E-state index in [4.69, 9.17) is 0 Å². The summed E-state index contributed by atoms with van der Waals surface area (Å²) in [5.41, 5.74) is 1.22. The number of carbonyl (C=O) groups is 1. The van der Waals surface area contributed by atoms with Crippen LogP contribution in [0.15, 0.2) is 42.7 Å². The molecule has 2 aliphatic heterocycles. The van der Waals surface area contributed by atoms with Gasteiger partial charge in [0.2, 0.25) is 5.91 Å². The third-order valence-corrected chi connectivity index (χ3v) is 6.71. The van der Waals surface area contributed by atoms with Crippen molar-refractivity contribution in [3.05, 3.63) is 54.1 Å². The fourth-order valence-corrected chi connectivity index (χ4v) is 4.85. The molecule has 1 aromatic carbocycles. The maximum atomic E-state index is 12.9. The summed E-state index contributed by atoms with van der Waals surface area (Å²) < 4.78 is 2.22. The number of likely N-dealkylation sites (N-methyl/N-ethyl adjacent to an activating group) is 1. The molecule has 2 fully saturated rings. The highest BCUT2D eigenvalue weighted by atomic mass is 16.2. The van der Waals surface area contributed by atoms with Crippen LogP contribution in [0.3, 0.4) is 0 Å². The first-order chi connectivity index (χ1) is 13.1. The van der Waals surface area contributed by atoms with Crippen LogP contribution in [-0.4, -0.2) is 57.5 Å². The van der Waals surface area contributed by atoms with Crippen molar-refractivity contribution in [1.29, 1.82) is 0 Å². The molecule has 3 heterocycles. The van der Waals surface area contributed by atoms with Gasteiger partial charge in [-0.05, 0) is 44.7 Å². The summed E-state index contributed by atoms with van der Waals surface area (Å²) in [6.07, 6.45) is 8.21. The number of nitrogens with zero attached hydrogens (tertiary/aromatic N) is 4. The SMILES string of the molecule is Cc1nccn1CCCN1CCC2(CC1)CC(c1ccccc1)C(=O)N2C. The molecule has 1 spiro atoms. The lowest BCUT2D eigenvalue weighted by molar-refractivity contribution is -0.131. The topological polar surface area (TPSA) is 41.4 Å². The molecule has 144 valence electrons. The zero-order valence-electron chi connectivity index (χ0n) is 16.5. The number of aromatic nitrogens is 2. The minimum absolute atomic E-state index is 0.0342. The van der Waals surface area contributed by atoms with Crippen LogP contribution in [0.25, 0.3) is 0 Å². The van der Waals surface area contributed by atoms with Crippen molar-refractivity contribution in [2.45, 2.75) is 50.6 Å². The Hall–Kier alpha value is -2.14. The smallest absolute Gasteiger partial charge is 0.230 e. The lowest BCUT2D eigenvalue weighted by Crippen LogP contribution is -2.51. The minimum Gasteiger partial charge on any atom is -0.339 e. The molecule has 1 aromatic heterocycles. The van der Waals surface area contributed by atoms with Crippen LogP contribution in [-0.2, 0) is 11.3 Å². The number of rotatable bonds is 5. The van der Waals surface area contributed by atoms with Crippen LogP contribution in [0.1, 0.15) is 43.0 Å². The number of aryl methyl sites for hydroxylation is 2. The number of imidazole rings is 1. The van der Waals surface area contributed by atoms with E-state index < -0.39 is 0 Å². The van der Waals surface area contributed by atoms with Crippen molar-refractivity contribution >= 4 is 5.91 Å². The fourth-order valence-electron chi connectivity index (χ4n) is 4.85. The quantitative estimate of drug-likeness (QED) is 0.817. The number of piperidine rings is 1. The minimum atomic E-state index is 0.0342. The Morgan fingerprint density at radius 3 is 2.56 bits per heavy atom. The van der Waals surface area contributed by atoms with Gasteiger partial charge in [0.15, 0.2) is 0 Å². The number of hydrogen-bond donors (Lipinski definition) is 0. The summed E-state index contributed by atoms with van der Waals surface area (Å²) >= 11 is 0. The molecule has 2 aromatic rings. The molecule has 1 atom stereocenters. The van der Waals surface area contributed by atoms with Gasteiger partial charge in [0.25, 0.3) is 0 Å². The van der Waals surface area contributed by atoms with Crippen molar-refractivity contribution in [1.82, 2.24) is 19.4 Å². The average molecular weight is 367 g/mol. The fraction of sp³-hybridized carbons (Fsp3) is 0.545. The number of amides is 1. The highest BCUT2D eigenvalue weighted by Crippen LogP contribution is 2.44. The highest BCUT2D eigenvalue weighted by Gasteiger charge is 2.50. The van der Waals surface area contributed by atoms with Crippen LogP contribution in [0.5, 0.6) is 0 Å². The average Bonchev–Trinajstić information content (AvgIpc) is 3.21. The Morgan fingerprint density at radius 2 is 1.89 bits per heavy atom. The summed E-state index contributed by atoms with van der Waals surface area (Å²) in [6.45, 7) is 6.38. The van der Waals surface area contributed by atoms with Gasteiger partial charge < -0.3 is 14.4 Å². The molecule has 2 saturated heterocycles. The van der Waals surface area contributed by atoms with E-state index in [1.165, 1.54) is 5.56 Å². The molecule has 0 saturated carbocycles. The van der Waals surface area contributed by atoms with E-state index in [0.29, 0.717) is 5.91 Å². The maximum Gasteiger partial charge on any atom is 0.230 e. The Balaban J connectivity index is 1.32. The van der Waals surface area contributed by atoms with Crippen molar-refractivity contribution in [2.75, 3.05) is 26.7 Å². The monoisotopic (exact) mass is 366 g/mol. The number of benzene rings is 1. The van der Waals surface area contributed by atoms with Crippen molar-refractivity contribution < 1.29 is 4.79 Å². The first-order valence-electron chi connectivity index (χ1n) is 10.1. The molecule has 2 aliphatic rings. The second-order valence-corrected chi connectivity index (χ2v) is 8.15. The molecule has 5 heteroatoms. The van der Waals surface area contributed by atoms with Gasteiger partial charge in [-0.3, -0.25) is 4.79 Å². The Labute approximate surface area is 162 Å². The van der Waals surface area contributed by atoms with Gasteiger partial charge in [-0.25, -0.2) is 4.98 Å². The van der Waals surface area contributed by atoms with E-state index in [0.717, 1.165) is 57.7 Å². The van der Waals surface area contributed by atoms with Gasteiger partial charge in [-0.15, -0.1) is 0 Å². The predicted molar refractivity (Wildman–Crippen MR) is 107 cm³/mol. The van der Waals surface area contributed by atoms with Gasteiger partial charge in [0.05, 0.1) is 5.92 Å². The largest absolute Gasteiger partial charge is 0.339 e. The molecule has 5 nitrogen and oxygen atoms in total. The standard InChI is InChI=1S/C22H30N4O/c1-18-23-11-16-26(18)13-6-12-25-14-9-22(10-15-25)17-20(21(27)24(22)2)19-7-4-3-5-8-19/h3-5,7-8,11,16,20H,6,9-10,12-15,17H2,1-2H3. The Kier molecular flexibility index (Phi) is 5.04. The van der Waals surface area contributed by atoms with Crippen LogP contribution in [0.4, 0.5) is 0 Å². The molecule has 0 N–H and O–H groups in total. The normalized spacial score (nSPS) is 22.7. The van der Waals surface area contributed by atoms with E-state index in [-0.39, 0.29) is 11.5 Å². The van der Waals surface area contributed by atoms with E-state index in [1.54, 1.807) is 0 Å². The van der Waals surface area contributed by atoms with Crippen molar-refractivity contribution in [2.24, 2.45) is 0 Å². The van der Waals surface area contributed by atoms with Crippen molar-refractivity contribution in [3.63, 3.8) is 0 Å². The Morgan fingerprint density at radius 1 is 1.15 bits per heavy atom. The first-order valence-corrected chi connectivity index (χ1v) is 10.1. The number of carbonyl (C=O) groups excluding carboxylic acids is 1. The molecule has 0 radical (unpaired) electrons. The third-order valence-electron chi connectivity index (χ3n) is 6.71. The van der Waals surface area contributed by atoms with Crippen molar-refractivity contribution in [3.8, 4) is 0 Å². The van der Waals surface area contributed by atoms with Gasteiger partial charge in [0.1, 0.15) is 5.82 Å². The second-order valence-electron chi connectivity index (χ2n) is 8.15. The zero-order valence-corrected chi connectivity index (χ0v) is 16.5. The molecule has 27 heavy (non-hydrogen) atoms. The van der Waals surface area contributed by atoms with Gasteiger partial charge >= 0.3 is 0 Å². The molecular weight excluding hydrogens is 336 g/mol. The highest BCUT2D eigenvalue weighted by molar-refractivity contribution is 5.87. The summed E-state index contributed by atoms with van der Waals surface area (Å²) in [6, 6.07) is 10.3. The number of hydrogen-bond acceptors (Lipinski definition) is 3. The van der Waals surface area contributed by atoms with E-state index in [9.17, 15) is 4.79 Å². The Bertz CT molecular complexity index is 777. The summed E-state index contributed by atoms with van der Waals surface area (Å²) in [4.78, 5) is 21.8. The second kappa shape index (κ2) is 7.47. The molecule has 0 bridgehead atoms. The lowest BCUT2D eigenvalue weighted by atomic mass is 9.81. The molecule has 1 unspecified atom stereocenters. The van der Waals surface area contributed by atoms with Crippen LogP contribution >= 0.6 is 0 Å². The lowest BCUT2D eigenvalue weighted by Gasteiger charge is -2.43. The van der Waals surface area contributed by atoms with Crippen LogP contribution in [0.2, 0.25) is 0 Å². The van der Waals surface area contributed by atoms with Crippen LogP contribution in [0, 0.1) is 6.92 Å². The van der Waals surface area contributed by atoms with E-state index in [2.05, 4.69) is 44.6 Å². The third kappa shape index (κ3) is 3.53. The van der Waals surface area contributed by atoms with Crippen LogP contribution < -0.4 is 0 Å². The molecular formula is C22H30N4O. The van der Waals surface area contributed by atoms with E-state index in [1.807, 2.05) is 31.4 Å².